The molecular formula is C50H58O4. The van der Waals surface area contributed by atoms with Crippen molar-refractivity contribution >= 4 is 55.0 Å². The van der Waals surface area contributed by atoms with Crippen LogP contribution in [0, 0.1) is 11.8 Å². The van der Waals surface area contributed by atoms with Crippen molar-refractivity contribution < 1.29 is 19.1 Å². The molecule has 6 aromatic rings. The molecule has 0 saturated carbocycles. The fourth-order valence-corrected chi connectivity index (χ4v) is 8.31. The molecule has 0 aliphatic rings. The number of hydrogen-bond acceptors (Lipinski definition) is 4. The largest absolute Gasteiger partial charge is 0.425 e. The van der Waals surface area contributed by atoms with E-state index in [0.29, 0.717) is 23.3 Å². The van der Waals surface area contributed by atoms with Gasteiger partial charge in [-0.15, -0.1) is 0 Å². The van der Waals surface area contributed by atoms with Crippen LogP contribution in [0.25, 0.3) is 54.2 Å². The van der Waals surface area contributed by atoms with Crippen LogP contribution in [0.15, 0.2) is 84.9 Å². The van der Waals surface area contributed by atoms with E-state index in [4.69, 9.17) is 9.47 Å². The van der Waals surface area contributed by atoms with Crippen LogP contribution in [0.2, 0.25) is 0 Å². The molecule has 0 radical (unpaired) electrons. The molecule has 0 amide bonds. The van der Waals surface area contributed by atoms with Gasteiger partial charge in [0.25, 0.3) is 0 Å². The predicted octanol–water partition coefficient (Wildman–Crippen LogP) is 14.1. The Morgan fingerprint density at radius 1 is 0.481 bits per heavy atom. The van der Waals surface area contributed by atoms with Gasteiger partial charge in [-0.2, -0.15) is 0 Å². The third-order valence-electron chi connectivity index (χ3n) is 11.5. The molecule has 0 heterocycles. The highest BCUT2D eigenvalue weighted by Crippen LogP contribution is 2.50. The van der Waals surface area contributed by atoms with E-state index in [1.165, 1.54) is 49.7 Å². The average molecular weight is 723 g/mol. The maximum absolute atomic E-state index is 13.0. The lowest BCUT2D eigenvalue weighted by Crippen LogP contribution is -2.08. The summed E-state index contributed by atoms with van der Waals surface area (Å²) in [6.07, 6.45) is 12.1. The van der Waals surface area contributed by atoms with Crippen LogP contribution in [0.1, 0.15) is 117 Å². The maximum atomic E-state index is 13.0. The van der Waals surface area contributed by atoms with Crippen molar-refractivity contribution in [2.24, 2.45) is 11.8 Å². The van der Waals surface area contributed by atoms with Gasteiger partial charge < -0.3 is 9.47 Å². The van der Waals surface area contributed by atoms with Gasteiger partial charge in [0, 0.05) is 34.4 Å². The topological polar surface area (TPSA) is 52.6 Å². The Labute approximate surface area is 322 Å². The molecule has 0 aliphatic carbocycles. The SMILES string of the molecule is CCCCC(CC)Cc1ccc2c(OC(=O)CC)c3ccccc3c(-c3c4ccccc4c(OC(=O)CC)c4ccc(CC(CC)CCCC)cc34)c2c1. The Hall–Kier alpha value is -4.70. The molecule has 0 N–H and O–H groups in total. The fourth-order valence-electron chi connectivity index (χ4n) is 8.31. The molecule has 54 heavy (non-hydrogen) atoms. The minimum atomic E-state index is -0.250. The van der Waals surface area contributed by atoms with Crippen LogP contribution >= 0.6 is 0 Å². The Bertz CT molecular complexity index is 2100. The minimum absolute atomic E-state index is 0.250. The highest BCUT2D eigenvalue weighted by atomic mass is 16.5. The summed E-state index contributed by atoms with van der Waals surface area (Å²) < 4.78 is 12.5. The first-order valence-electron chi connectivity index (χ1n) is 20.7. The molecular weight excluding hydrogens is 665 g/mol. The monoisotopic (exact) mass is 722 g/mol. The van der Waals surface area contributed by atoms with E-state index >= 15 is 0 Å². The van der Waals surface area contributed by atoms with Crippen LogP contribution in [-0.2, 0) is 22.4 Å². The molecule has 6 rings (SSSR count). The van der Waals surface area contributed by atoms with Crippen molar-refractivity contribution in [3.63, 3.8) is 0 Å². The first kappa shape index (κ1) is 39.0. The molecule has 0 bridgehead atoms. The number of unbranched alkanes of at least 4 members (excludes halogenated alkanes) is 2. The summed E-state index contributed by atoms with van der Waals surface area (Å²) in [5, 5.41) is 7.87. The second-order valence-corrected chi connectivity index (χ2v) is 15.2. The molecule has 0 aromatic heterocycles. The number of ether oxygens (including phenoxy) is 2. The quantitative estimate of drug-likeness (QED) is 0.0534. The third-order valence-corrected chi connectivity index (χ3v) is 11.5. The van der Waals surface area contributed by atoms with Crippen LogP contribution in [0.3, 0.4) is 0 Å². The first-order valence-corrected chi connectivity index (χ1v) is 20.7. The van der Waals surface area contributed by atoms with Gasteiger partial charge in [-0.3, -0.25) is 9.59 Å². The second-order valence-electron chi connectivity index (χ2n) is 15.2. The highest BCUT2D eigenvalue weighted by molar-refractivity contribution is 6.27. The van der Waals surface area contributed by atoms with E-state index < -0.39 is 0 Å². The average Bonchev–Trinajstić information content (AvgIpc) is 3.21. The number of esters is 2. The van der Waals surface area contributed by atoms with Gasteiger partial charge in [-0.05, 0) is 68.5 Å². The van der Waals surface area contributed by atoms with Gasteiger partial charge in [0.15, 0.2) is 0 Å². The van der Waals surface area contributed by atoms with E-state index in [9.17, 15) is 9.59 Å². The molecule has 0 spiro atoms. The summed E-state index contributed by atoms with van der Waals surface area (Å²) in [6.45, 7) is 12.8. The predicted molar refractivity (Wildman–Crippen MR) is 228 cm³/mol. The summed E-state index contributed by atoms with van der Waals surface area (Å²) in [7, 11) is 0. The number of carbonyl (C=O) groups excluding carboxylic acids is 2. The molecule has 6 aromatic carbocycles. The van der Waals surface area contributed by atoms with Crippen LogP contribution < -0.4 is 9.47 Å². The summed E-state index contributed by atoms with van der Waals surface area (Å²) in [5.41, 5.74) is 4.81. The van der Waals surface area contributed by atoms with E-state index in [1.807, 2.05) is 26.0 Å². The van der Waals surface area contributed by atoms with Gasteiger partial charge in [-0.1, -0.05) is 178 Å². The van der Waals surface area contributed by atoms with Gasteiger partial charge >= 0.3 is 11.9 Å². The van der Waals surface area contributed by atoms with Gasteiger partial charge in [-0.25, -0.2) is 0 Å². The zero-order chi connectivity index (χ0) is 38.2. The number of carbonyl (C=O) groups is 2. The van der Waals surface area contributed by atoms with Crippen molar-refractivity contribution in [2.45, 2.75) is 119 Å². The summed E-state index contributed by atoms with van der Waals surface area (Å²) in [4.78, 5) is 26.1. The Balaban J connectivity index is 1.75. The zero-order valence-corrected chi connectivity index (χ0v) is 33.4. The van der Waals surface area contributed by atoms with E-state index in [2.05, 4.69) is 100 Å². The molecule has 282 valence electrons. The smallest absolute Gasteiger partial charge is 0.310 e. The number of benzene rings is 6. The lowest BCUT2D eigenvalue weighted by molar-refractivity contribution is -0.134. The van der Waals surface area contributed by atoms with Crippen molar-refractivity contribution in [3.05, 3.63) is 96.1 Å². The van der Waals surface area contributed by atoms with Crippen LogP contribution in [-0.4, -0.2) is 11.9 Å². The standard InChI is InChI=1S/C50H58O4/c1-7-13-19-33(9-3)29-35-25-27-41-43(31-35)47(37-21-15-17-23-39(37)49(41)53-45(51)11-5)48-38-22-16-18-24-40(38)50(54-46(52)12-6)42-28-26-36(32-44(42)48)30-34(10-4)20-14-8-2/h15-18,21-28,31-34H,7-14,19-20,29-30H2,1-6H3. The van der Waals surface area contributed by atoms with E-state index in [0.717, 1.165) is 79.9 Å². The molecule has 0 saturated heterocycles. The number of rotatable bonds is 17. The van der Waals surface area contributed by atoms with Crippen molar-refractivity contribution in [1.82, 2.24) is 0 Å². The Kier molecular flexibility index (Phi) is 13.1. The van der Waals surface area contributed by atoms with Crippen LogP contribution in [0.5, 0.6) is 11.5 Å². The van der Waals surface area contributed by atoms with Crippen molar-refractivity contribution in [2.75, 3.05) is 0 Å². The molecule has 4 nitrogen and oxygen atoms in total. The summed E-state index contributed by atoms with van der Waals surface area (Å²) >= 11 is 0. The summed E-state index contributed by atoms with van der Waals surface area (Å²) in [5.74, 6) is 1.93. The first-order chi connectivity index (χ1) is 26.3. The van der Waals surface area contributed by atoms with Gasteiger partial charge in [0.1, 0.15) is 11.5 Å². The highest BCUT2D eigenvalue weighted by Gasteiger charge is 2.25. The molecule has 2 unspecified atom stereocenters. The number of fused-ring (bicyclic) bond motifs is 4. The lowest BCUT2D eigenvalue weighted by atomic mass is 9.83. The number of hydrogen-bond donors (Lipinski definition) is 0. The molecule has 2 atom stereocenters. The van der Waals surface area contributed by atoms with Gasteiger partial charge in [0.2, 0.25) is 0 Å². The third kappa shape index (κ3) is 8.19. The van der Waals surface area contributed by atoms with Crippen molar-refractivity contribution in [1.29, 1.82) is 0 Å². The van der Waals surface area contributed by atoms with Crippen LogP contribution in [0.4, 0.5) is 0 Å². The van der Waals surface area contributed by atoms with E-state index in [-0.39, 0.29) is 24.8 Å². The Morgan fingerprint density at radius 2 is 0.852 bits per heavy atom. The summed E-state index contributed by atoms with van der Waals surface area (Å²) in [6, 6.07) is 30.3. The molecule has 0 fully saturated rings. The molecule has 0 aliphatic heterocycles. The maximum Gasteiger partial charge on any atom is 0.310 e. The van der Waals surface area contributed by atoms with E-state index in [1.54, 1.807) is 0 Å². The zero-order valence-electron chi connectivity index (χ0n) is 33.4. The van der Waals surface area contributed by atoms with Crippen molar-refractivity contribution in [3.8, 4) is 22.6 Å². The van der Waals surface area contributed by atoms with Gasteiger partial charge in [0.05, 0.1) is 0 Å². The lowest BCUT2D eigenvalue weighted by Gasteiger charge is -2.23. The fraction of sp³-hybridized carbons (Fsp3) is 0.400. The second kappa shape index (κ2) is 18.1. The molecule has 4 heteroatoms. The minimum Gasteiger partial charge on any atom is -0.425 e. The normalized spacial score (nSPS) is 12.8. The Morgan fingerprint density at radius 3 is 1.20 bits per heavy atom.